The van der Waals surface area contributed by atoms with E-state index in [0.29, 0.717) is 12.3 Å². The van der Waals surface area contributed by atoms with Crippen LogP contribution in [0.2, 0.25) is 0 Å². The van der Waals surface area contributed by atoms with Crippen LogP contribution in [0.1, 0.15) is 24.8 Å². The molecule has 1 heterocycles. The van der Waals surface area contributed by atoms with Crippen molar-refractivity contribution in [3.05, 3.63) is 35.9 Å². The molecule has 102 valence electrons. The van der Waals surface area contributed by atoms with Gasteiger partial charge >= 0.3 is 5.97 Å². The number of rotatable bonds is 4. The molecular weight excluding hydrogens is 242 g/mol. The minimum absolute atomic E-state index is 0.0580. The monoisotopic (exact) mass is 261 g/mol. The minimum atomic E-state index is -0.342. The number of benzene rings is 1. The van der Waals surface area contributed by atoms with Crippen LogP contribution in [-0.2, 0) is 14.3 Å². The number of ether oxygens (including phenoxy) is 2. The lowest BCUT2D eigenvalue weighted by molar-refractivity contribution is -0.143. The van der Waals surface area contributed by atoms with E-state index >= 15 is 0 Å². The summed E-state index contributed by atoms with van der Waals surface area (Å²) >= 11 is 0. The van der Waals surface area contributed by atoms with E-state index in [4.69, 9.17) is 15.2 Å². The molecule has 1 aromatic rings. The van der Waals surface area contributed by atoms with Crippen LogP contribution in [0.3, 0.4) is 0 Å². The summed E-state index contributed by atoms with van der Waals surface area (Å²) in [5.41, 5.74) is 7.20. The zero-order valence-corrected chi connectivity index (χ0v) is 10.9. The predicted octanol–water partition coefficient (Wildman–Crippen LogP) is 2.39. The Balaban J connectivity index is 1.75. The number of nitrogen functional groups attached to an aromatic ring is 1. The Kier molecular flexibility index (Phi) is 4.98. The highest BCUT2D eigenvalue weighted by molar-refractivity contribution is 5.87. The lowest BCUT2D eigenvalue weighted by Gasteiger charge is -2.21. The third-order valence-corrected chi connectivity index (χ3v) is 3.03. The SMILES string of the molecule is Nc1ccc(/C=C/C(=O)OCC2CCCCO2)cc1. The van der Waals surface area contributed by atoms with Crippen LogP contribution in [0.25, 0.3) is 6.08 Å². The molecule has 2 rings (SSSR count). The standard InChI is InChI=1S/C15H19NO3/c16-13-7-4-12(5-8-13)6-9-15(17)19-11-14-3-1-2-10-18-14/h4-9,14H,1-3,10-11,16H2/b9-6+. The molecule has 4 nitrogen and oxygen atoms in total. The van der Waals surface area contributed by atoms with Crippen LogP contribution < -0.4 is 5.73 Å². The zero-order chi connectivity index (χ0) is 13.5. The highest BCUT2D eigenvalue weighted by Gasteiger charge is 2.14. The molecule has 0 bridgehead atoms. The van der Waals surface area contributed by atoms with E-state index < -0.39 is 0 Å². The summed E-state index contributed by atoms with van der Waals surface area (Å²) in [4.78, 5) is 11.5. The van der Waals surface area contributed by atoms with E-state index in [9.17, 15) is 4.79 Å². The predicted molar refractivity (Wildman–Crippen MR) is 74.4 cm³/mol. The summed E-state index contributed by atoms with van der Waals surface area (Å²) in [6.07, 6.45) is 6.40. The molecule has 0 aliphatic carbocycles. The van der Waals surface area contributed by atoms with Crippen molar-refractivity contribution in [1.29, 1.82) is 0 Å². The molecule has 1 atom stereocenters. The van der Waals surface area contributed by atoms with Gasteiger partial charge in [-0.1, -0.05) is 12.1 Å². The third kappa shape index (κ3) is 4.75. The number of hydrogen-bond acceptors (Lipinski definition) is 4. The maximum absolute atomic E-state index is 11.5. The Morgan fingerprint density at radius 3 is 2.84 bits per heavy atom. The first-order valence-corrected chi connectivity index (χ1v) is 6.56. The van der Waals surface area contributed by atoms with Crippen molar-refractivity contribution in [2.75, 3.05) is 18.9 Å². The molecule has 0 radical (unpaired) electrons. The second-order valence-electron chi connectivity index (χ2n) is 4.62. The Labute approximate surface area is 113 Å². The second-order valence-corrected chi connectivity index (χ2v) is 4.62. The molecule has 0 amide bonds. The molecule has 1 fully saturated rings. The maximum atomic E-state index is 11.5. The summed E-state index contributed by atoms with van der Waals surface area (Å²) in [6, 6.07) is 7.29. The number of esters is 1. The minimum Gasteiger partial charge on any atom is -0.460 e. The molecule has 0 saturated carbocycles. The van der Waals surface area contributed by atoms with Gasteiger partial charge in [-0.05, 0) is 43.0 Å². The van der Waals surface area contributed by atoms with Gasteiger partial charge in [0.05, 0.1) is 6.10 Å². The molecule has 0 aromatic heterocycles. The van der Waals surface area contributed by atoms with Gasteiger partial charge in [-0.15, -0.1) is 0 Å². The van der Waals surface area contributed by atoms with Gasteiger partial charge in [0.1, 0.15) is 6.61 Å². The molecule has 1 aromatic carbocycles. The summed E-state index contributed by atoms with van der Waals surface area (Å²) in [5.74, 6) is -0.342. The fourth-order valence-electron chi connectivity index (χ4n) is 1.93. The van der Waals surface area contributed by atoms with Crippen LogP contribution in [0.4, 0.5) is 5.69 Å². The molecule has 0 spiro atoms. The molecule has 1 aliphatic rings. The third-order valence-electron chi connectivity index (χ3n) is 3.03. The van der Waals surface area contributed by atoms with Gasteiger partial charge in [-0.3, -0.25) is 0 Å². The van der Waals surface area contributed by atoms with Crippen molar-refractivity contribution < 1.29 is 14.3 Å². The second kappa shape index (κ2) is 6.95. The first-order valence-electron chi connectivity index (χ1n) is 6.56. The van der Waals surface area contributed by atoms with Crippen molar-refractivity contribution in [2.45, 2.75) is 25.4 Å². The molecule has 4 heteroatoms. The number of carbonyl (C=O) groups is 1. The molecule has 1 saturated heterocycles. The Morgan fingerprint density at radius 1 is 1.37 bits per heavy atom. The van der Waals surface area contributed by atoms with Crippen LogP contribution in [0, 0.1) is 0 Å². The van der Waals surface area contributed by atoms with E-state index in [1.165, 1.54) is 6.08 Å². The van der Waals surface area contributed by atoms with Crippen LogP contribution in [0.15, 0.2) is 30.3 Å². The van der Waals surface area contributed by atoms with Crippen LogP contribution in [0.5, 0.6) is 0 Å². The van der Waals surface area contributed by atoms with Gasteiger partial charge in [-0.25, -0.2) is 4.79 Å². The van der Waals surface area contributed by atoms with E-state index in [1.54, 1.807) is 18.2 Å². The van der Waals surface area contributed by atoms with Gasteiger partial charge in [0, 0.05) is 18.4 Å². The van der Waals surface area contributed by atoms with Gasteiger partial charge < -0.3 is 15.2 Å². The van der Waals surface area contributed by atoms with Crippen LogP contribution in [-0.4, -0.2) is 25.3 Å². The van der Waals surface area contributed by atoms with Crippen molar-refractivity contribution in [3.63, 3.8) is 0 Å². The highest BCUT2D eigenvalue weighted by atomic mass is 16.6. The van der Waals surface area contributed by atoms with E-state index in [0.717, 1.165) is 31.4 Å². The average Bonchev–Trinajstić information content (AvgIpc) is 2.45. The van der Waals surface area contributed by atoms with Crippen molar-refractivity contribution >= 4 is 17.7 Å². The lowest BCUT2D eigenvalue weighted by atomic mass is 10.1. The maximum Gasteiger partial charge on any atom is 0.330 e. The van der Waals surface area contributed by atoms with Gasteiger partial charge in [0.2, 0.25) is 0 Å². The van der Waals surface area contributed by atoms with Crippen molar-refractivity contribution in [1.82, 2.24) is 0 Å². The molecule has 1 unspecified atom stereocenters. The first kappa shape index (κ1) is 13.6. The van der Waals surface area contributed by atoms with E-state index in [1.807, 2.05) is 12.1 Å². The van der Waals surface area contributed by atoms with Crippen molar-refractivity contribution in [3.8, 4) is 0 Å². The Morgan fingerprint density at radius 2 is 2.16 bits per heavy atom. The number of nitrogens with two attached hydrogens (primary N) is 1. The zero-order valence-electron chi connectivity index (χ0n) is 10.9. The van der Waals surface area contributed by atoms with Crippen molar-refractivity contribution in [2.24, 2.45) is 0 Å². The van der Waals surface area contributed by atoms with Gasteiger partial charge in [-0.2, -0.15) is 0 Å². The topological polar surface area (TPSA) is 61.6 Å². The summed E-state index contributed by atoms with van der Waals surface area (Å²) < 4.78 is 10.6. The fraction of sp³-hybridized carbons (Fsp3) is 0.400. The summed E-state index contributed by atoms with van der Waals surface area (Å²) in [6.45, 7) is 1.11. The highest BCUT2D eigenvalue weighted by Crippen LogP contribution is 2.13. The Hall–Kier alpha value is -1.81. The normalized spacial score (nSPS) is 19.5. The largest absolute Gasteiger partial charge is 0.460 e. The number of carbonyl (C=O) groups excluding carboxylic acids is 1. The van der Waals surface area contributed by atoms with E-state index in [2.05, 4.69) is 0 Å². The van der Waals surface area contributed by atoms with Gasteiger partial charge in [0.25, 0.3) is 0 Å². The molecule has 1 aliphatic heterocycles. The van der Waals surface area contributed by atoms with E-state index in [-0.39, 0.29) is 12.1 Å². The first-order chi connectivity index (χ1) is 9.24. The summed E-state index contributed by atoms with van der Waals surface area (Å²) in [5, 5.41) is 0. The van der Waals surface area contributed by atoms with Gasteiger partial charge in [0.15, 0.2) is 0 Å². The fourth-order valence-corrected chi connectivity index (χ4v) is 1.93. The lowest BCUT2D eigenvalue weighted by Crippen LogP contribution is -2.25. The molecule has 2 N–H and O–H groups in total. The number of anilines is 1. The average molecular weight is 261 g/mol. The molecule has 19 heavy (non-hydrogen) atoms. The van der Waals surface area contributed by atoms with Crippen LogP contribution >= 0.6 is 0 Å². The molecular formula is C15H19NO3. The quantitative estimate of drug-likeness (QED) is 0.513. The number of hydrogen-bond donors (Lipinski definition) is 1. The summed E-state index contributed by atoms with van der Waals surface area (Å²) in [7, 11) is 0. The Bertz CT molecular complexity index is 433. The smallest absolute Gasteiger partial charge is 0.330 e.